The Kier molecular flexibility index (Phi) is 4.18. The van der Waals surface area contributed by atoms with Crippen molar-refractivity contribution >= 4 is 5.97 Å². The fourth-order valence-electron chi connectivity index (χ4n) is 1.65. The molecule has 0 aromatic rings. The summed E-state index contributed by atoms with van der Waals surface area (Å²) in [5.41, 5.74) is 0. The van der Waals surface area contributed by atoms with Gasteiger partial charge in [-0.3, -0.25) is 9.69 Å². The van der Waals surface area contributed by atoms with Crippen LogP contribution in [0.25, 0.3) is 0 Å². The Morgan fingerprint density at radius 1 is 1.69 bits per heavy atom. The van der Waals surface area contributed by atoms with Crippen molar-refractivity contribution in [3.63, 3.8) is 0 Å². The molecule has 1 aliphatic heterocycles. The number of aliphatic carboxylic acids is 1. The molecule has 0 aliphatic carbocycles. The number of hydrogen-bond acceptors (Lipinski definition) is 3. The van der Waals surface area contributed by atoms with Crippen LogP contribution in [0.5, 0.6) is 0 Å². The van der Waals surface area contributed by atoms with E-state index in [4.69, 9.17) is 5.11 Å². The van der Waals surface area contributed by atoms with E-state index in [1.165, 1.54) is 0 Å². The van der Waals surface area contributed by atoms with Crippen LogP contribution in [0.2, 0.25) is 0 Å². The maximum Gasteiger partial charge on any atom is 0.303 e. The summed E-state index contributed by atoms with van der Waals surface area (Å²) in [6, 6.07) is 0.544. The van der Waals surface area contributed by atoms with Crippen LogP contribution in [0.3, 0.4) is 0 Å². The highest BCUT2D eigenvalue weighted by Gasteiger charge is 2.16. The standard InChI is InChI=1S/C9H18N2O2/c1-8-7-10-4-6-11(8)5-2-3-9(12)13/h8,10H,2-7H2,1H3,(H,12,13). The molecule has 76 valence electrons. The van der Waals surface area contributed by atoms with Gasteiger partial charge in [0, 0.05) is 32.1 Å². The van der Waals surface area contributed by atoms with E-state index >= 15 is 0 Å². The zero-order valence-electron chi connectivity index (χ0n) is 8.12. The van der Waals surface area contributed by atoms with Crippen molar-refractivity contribution in [1.82, 2.24) is 10.2 Å². The Morgan fingerprint density at radius 3 is 3.08 bits per heavy atom. The molecule has 0 aromatic carbocycles. The van der Waals surface area contributed by atoms with Gasteiger partial charge in [0.25, 0.3) is 0 Å². The van der Waals surface area contributed by atoms with Gasteiger partial charge in [0.1, 0.15) is 0 Å². The predicted molar refractivity (Wildman–Crippen MR) is 50.8 cm³/mol. The van der Waals surface area contributed by atoms with Crippen molar-refractivity contribution < 1.29 is 9.90 Å². The summed E-state index contributed by atoms with van der Waals surface area (Å²) in [7, 11) is 0. The van der Waals surface area contributed by atoms with Crippen LogP contribution in [0.4, 0.5) is 0 Å². The average Bonchev–Trinajstić information content (AvgIpc) is 2.08. The van der Waals surface area contributed by atoms with Crippen LogP contribution in [-0.2, 0) is 4.79 Å². The maximum atomic E-state index is 10.3. The molecule has 0 spiro atoms. The Hall–Kier alpha value is -0.610. The second kappa shape index (κ2) is 5.19. The van der Waals surface area contributed by atoms with Gasteiger partial charge in [0.05, 0.1) is 0 Å². The fraction of sp³-hybridized carbons (Fsp3) is 0.889. The lowest BCUT2D eigenvalue weighted by Crippen LogP contribution is -2.49. The summed E-state index contributed by atoms with van der Waals surface area (Å²) in [4.78, 5) is 12.6. The molecule has 0 amide bonds. The van der Waals surface area contributed by atoms with E-state index in [-0.39, 0.29) is 6.42 Å². The highest BCUT2D eigenvalue weighted by atomic mass is 16.4. The number of rotatable bonds is 4. The normalized spacial score (nSPS) is 24.5. The molecular weight excluding hydrogens is 168 g/mol. The first-order valence-electron chi connectivity index (χ1n) is 4.86. The smallest absolute Gasteiger partial charge is 0.303 e. The maximum absolute atomic E-state index is 10.3. The molecule has 0 bridgehead atoms. The summed E-state index contributed by atoms with van der Waals surface area (Å²) in [5, 5.41) is 11.8. The van der Waals surface area contributed by atoms with Gasteiger partial charge in [0.15, 0.2) is 0 Å². The molecule has 1 aliphatic rings. The van der Waals surface area contributed by atoms with Gasteiger partial charge in [-0.15, -0.1) is 0 Å². The summed E-state index contributed by atoms with van der Waals surface area (Å²) in [6.07, 6.45) is 1.05. The van der Waals surface area contributed by atoms with E-state index < -0.39 is 5.97 Å². The zero-order valence-corrected chi connectivity index (χ0v) is 8.12. The zero-order chi connectivity index (χ0) is 9.68. The van der Waals surface area contributed by atoms with Crippen LogP contribution in [0.1, 0.15) is 19.8 Å². The van der Waals surface area contributed by atoms with Gasteiger partial charge in [0.2, 0.25) is 0 Å². The van der Waals surface area contributed by atoms with Gasteiger partial charge in [-0.2, -0.15) is 0 Å². The predicted octanol–water partition coefficient (Wildman–Crippen LogP) is 0.145. The van der Waals surface area contributed by atoms with E-state index in [1.54, 1.807) is 0 Å². The molecule has 1 unspecified atom stereocenters. The molecule has 1 heterocycles. The van der Waals surface area contributed by atoms with E-state index in [9.17, 15) is 4.79 Å². The molecule has 1 fully saturated rings. The average molecular weight is 186 g/mol. The molecule has 1 saturated heterocycles. The van der Waals surface area contributed by atoms with Crippen molar-refractivity contribution in [2.24, 2.45) is 0 Å². The monoisotopic (exact) mass is 186 g/mol. The molecule has 13 heavy (non-hydrogen) atoms. The second-order valence-electron chi connectivity index (χ2n) is 3.59. The molecule has 0 saturated carbocycles. The van der Waals surface area contributed by atoms with Crippen molar-refractivity contribution in [3.05, 3.63) is 0 Å². The molecule has 0 radical (unpaired) electrons. The number of nitrogens with zero attached hydrogens (tertiary/aromatic N) is 1. The Morgan fingerprint density at radius 2 is 2.46 bits per heavy atom. The highest BCUT2D eigenvalue weighted by molar-refractivity contribution is 5.66. The lowest BCUT2D eigenvalue weighted by molar-refractivity contribution is -0.137. The number of piperazine rings is 1. The quantitative estimate of drug-likeness (QED) is 0.656. The second-order valence-corrected chi connectivity index (χ2v) is 3.59. The molecular formula is C9H18N2O2. The Labute approximate surface area is 78.9 Å². The summed E-state index contributed by atoms with van der Waals surface area (Å²) in [5.74, 6) is -0.692. The topological polar surface area (TPSA) is 52.6 Å². The third-order valence-corrected chi connectivity index (χ3v) is 2.47. The number of nitrogens with one attached hydrogen (secondary N) is 1. The summed E-state index contributed by atoms with van der Waals surface area (Å²) in [6.45, 7) is 6.17. The molecule has 1 rings (SSSR count). The first kappa shape index (κ1) is 10.5. The number of carbonyl (C=O) groups is 1. The third kappa shape index (κ3) is 3.74. The molecule has 1 atom stereocenters. The highest BCUT2D eigenvalue weighted by Crippen LogP contribution is 2.04. The van der Waals surface area contributed by atoms with Crippen LogP contribution in [-0.4, -0.2) is 48.2 Å². The molecule has 4 nitrogen and oxygen atoms in total. The minimum absolute atomic E-state index is 0.288. The van der Waals surface area contributed by atoms with Crippen LogP contribution >= 0.6 is 0 Å². The van der Waals surface area contributed by atoms with Crippen LogP contribution in [0, 0.1) is 0 Å². The number of carboxylic acid groups (broad SMARTS) is 1. The van der Waals surface area contributed by atoms with Crippen molar-refractivity contribution in [2.75, 3.05) is 26.2 Å². The fourth-order valence-corrected chi connectivity index (χ4v) is 1.65. The van der Waals surface area contributed by atoms with Gasteiger partial charge in [-0.05, 0) is 19.9 Å². The number of carboxylic acids is 1. The lowest BCUT2D eigenvalue weighted by Gasteiger charge is -2.33. The van der Waals surface area contributed by atoms with Gasteiger partial charge >= 0.3 is 5.97 Å². The van der Waals surface area contributed by atoms with Crippen LogP contribution in [0.15, 0.2) is 0 Å². The van der Waals surface area contributed by atoms with E-state index in [2.05, 4.69) is 17.1 Å². The Balaban J connectivity index is 2.15. The van der Waals surface area contributed by atoms with Crippen molar-refractivity contribution in [3.8, 4) is 0 Å². The lowest BCUT2D eigenvalue weighted by atomic mass is 10.2. The largest absolute Gasteiger partial charge is 0.481 e. The summed E-state index contributed by atoms with van der Waals surface area (Å²) < 4.78 is 0. The summed E-state index contributed by atoms with van der Waals surface area (Å²) >= 11 is 0. The van der Waals surface area contributed by atoms with Crippen molar-refractivity contribution in [1.29, 1.82) is 0 Å². The SMILES string of the molecule is CC1CNCCN1CCCC(=O)O. The first-order chi connectivity index (χ1) is 6.20. The van der Waals surface area contributed by atoms with Crippen LogP contribution < -0.4 is 5.32 Å². The van der Waals surface area contributed by atoms with Crippen molar-refractivity contribution in [2.45, 2.75) is 25.8 Å². The van der Waals surface area contributed by atoms with E-state index in [0.717, 1.165) is 32.6 Å². The van der Waals surface area contributed by atoms with Gasteiger partial charge < -0.3 is 10.4 Å². The minimum Gasteiger partial charge on any atom is -0.481 e. The van der Waals surface area contributed by atoms with Gasteiger partial charge in [-0.25, -0.2) is 0 Å². The minimum atomic E-state index is -0.692. The molecule has 2 N–H and O–H groups in total. The number of hydrogen-bond donors (Lipinski definition) is 2. The molecule has 4 heteroatoms. The van der Waals surface area contributed by atoms with E-state index in [1.807, 2.05) is 0 Å². The first-order valence-corrected chi connectivity index (χ1v) is 4.86. The molecule has 0 aromatic heterocycles. The van der Waals surface area contributed by atoms with E-state index in [0.29, 0.717) is 6.04 Å². The third-order valence-electron chi connectivity index (χ3n) is 2.47. The Bertz CT molecular complexity index is 173. The van der Waals surface area contributed by atoms with Gasteiger partial charge in [-0.1, -0.05) is 0 Å².